The number of thiazole rings is 1. The summed E-state index contributed by atoms with van der Waals surface area (Å²) in [7, 11) is -3.46. The van der Waals surface area contributed by atoms with E-state index in [2.05, 4.69) is 31.1 Å². The Morgan fingerprint density at radius 2 is 1.85 bits per heavy atom. The first kappa shape index (κ1) is 20.6. The van der Waals surface area contributed by atoms with E-state index in [1.807, 2.05) is 24.4 Å². The Bertz CT molecular complexity index is 848. The number of benzene rings is 1. The number of hydrogen-bond acceptors (Lipinski definition) is 5. The first-order chi connectivity index (χ1) is 12.1. The maximum atomic E-state index is 12.4. The predicted molar refractivity (Wildman–Crippen MR) is 105 cm³/mol. The lowest BCUT2D eigenvalue weighted by molar-refractivity contribution is -0.120. The summed E-state index contributed by atoms with van der Waals surface area (Å²) in [6, 6.07) is 6.92. The summed E-state index contributed by atoms with van der Waals surface area (Å²) in [6.45, 7) is 8.63. The molecule has 7 heteroatoms. The minimum Gasteiger partial charge on any atom is -0.356 e. The third-order valence-electron chi connectivity index (χ3n) is 4.05. The second-order valence-electron chi connectivity index (χ2n) is 7.30. The molecule has 5 nitrogen and oxygen atoms in total. The van der Waals surface area contributed by atoms with Crippen LogP contribution in [0.1, 0.15) is 43.5 Å². The predicted octanol–water partition coefficient (Wildman–Crippen LogP) is 3.27. The van der Waals surface area contributed by atoms with Crippen LogP contribution >= 0.6 is 11.3 Å². The molecule has 0 radical (unpaired) electrons. The van der Waals surface area contributed by atoms with E-state index < -0.39 is 9.84 Å². The molecule has 0 aliphatic carbocycles. The van der Waals surface area contributed by atoms with Crippen LogP contribution in [0.3, 0.4) is 0 Å². The van der Waals surface area contributed by atoms with Gasteiger partial charge in [0, 0.05) is 24.8 Å². The van der Waals surface area contributed by atoms with Crippen molar-refractivity contribution in [2.75, 3.05) is 12.3 Å². The molecule has 0 aliphatic heterocycles. The van der Waals surface area contributed by atoms with Gasteiger partial charge in [0.15, 0.2) is 9.84 Å². The van der Waals surface area contributed by atoms with Crippen LogP contribution in [0.25, 0.3) is 0 Å². The maximum absolute atomic E-state index is 12.4. The topological polar surface area (TPSA) is 76.1 Å². The third-order valence-corrected chi connectivity index (χ3v) is 6.60. The molecular formula is C19H26N2O3S2. The SMILES string of the molecule is Cc1nc(CCNC(=O)CCS(=O)(=O)c2ccc(C(C)(C)C)cc2)cs1. The number of aromatic nitrogens is 1. The molecule has 1 heterocycles. The maximum Gasteiger partial charge on any atom is 0.221 e. The smallest absolute Gasteiger partial charge is 0.221 e. The fraction of sp³-hybridized carbons (Fsp3) is 0.474. The molecule has 0 saturated carbocycles. The number of carbonyl (C=O) groups is 1. The van der Waals surface area contributed by atoms with Crippen molar-refractivity contribution in [2.24, 2.45) is 0 Å². The summed E-state index contributed by atoms with van der Waals surface area (Å²) in [6.07, 6.45) is 0.608. The van der Waals surface area contributed by atoms with E-state index in [9.17, 15) is 13.2 Å². The number of hydrogen-bond donors (Lipinski definition) is 1. The minimum absolute atomic E-state index is 0.0297. The second-order valence-corrected chi connectivity index (χ2v) is 10.5. The zero-order chi connectivity index (χ0) is 19.4. The van der Waals surface area contributed by atoms with Gasteiger partial charge in [-0.3, -0.25) is 4.79 Å². The zero-order valence-corrected chi connectivity index (χ0v) is 17.3. The Hall–Kier alpha value is -1.73. The van der Waals surface area contributed by atoms with E-state index in [0.29, 0.717) is 13.0 Å². The summed E-state index contributed by atoms with van der Waals surface area (Å²) in [5.74, 6) is -0.449. The summed E-state index contributed by atoms with van der Waals surface area (Å²) >= 11 is 1.57. The Kier molecular flexibility index (Phi) is 6.58. The molecule has 1 N–H and O–H groups in total. The first-order valence-corrected chi connectivity index (χ1v) is 11.1. The molecule has 1 amide bonds. The van der Waals surface area contributed by atoms with Crippen molar-refractivity contribution in [3.63, 3.8) is 0 Å². The van der Waals surface area contributed by atoms with Crippen LogP contribution < -0.4 is 5.32 Å². The molecule has 1 aromatic carbocycles. The average Bonchev–Trinajstić information content (AvgIpc) is 2.98. The largest absolute Gasteiger partial charge is 0.356 e. The second kappa shape index (κ2) is 8.31. The Labute approximate surface area is 159 Å². The van der Waals surface area contributed by atoms with Gasteiger partial charge in [0.2, 0.25) is 5.91 Å². The van der Waals surface area contributed by atoms with E-state index in [0.717, 1.165) is 16.3 Å². The van der Waals surface area contributed by atoms with Gasteiger partial charge in [-0.05, 0) is 30.0 Å². The summed E-state index contributed by atoms with van der Waals surface area (Å²) in [5.41, 5.74) is 1.99. The molecule has 2 rings (SSSR count). The van der Waals surface area contributed by atoms with Gasteiger partial charge in [-0.25, -0.2) is 13.4 Å². The normalized spacial score (nSPS) is 12.2. The van der Waals surface area contributed by atoms with Crippen LogP contribution in [0.15, 0.2) is 34.5 Å². The molecule has 0 aliphatic rings. The van der Waals surface area contributed by atoms with Crippen molar-refractivity contribution in [3.8, 4) is 0 Å². The number of carbonyl (C=O) groups excluding carboxylic acids is 1. The van der Waals surface area contributed by atoms with Gasteiger partial charge in [0.05, 0.1) is 21.3 Å². The van der Waals surface area contributed by atoms with Crippen LogP contribution in [-0.4, -0.2) is 31.6 Å². The molecule has 26 heavy (non-hydrogen) atoms. The Morgan fingerprint density at radius 3 is 2.38 bits per heavy atom. The van der Waals surface area contributed by atoms with Gasteiger partial charge in [-0.1, -0.05) is 32.9 Å². The van der Waals surface area contributed by atoms with Gasteiger partial charge in [0.25, 0.3) is 0 Å². The van der Waals surface area contributed by atoms with Crippen molar-refractivity contribution in [3.05, 3.63) is 45.9 Å². The van der Waals surface area contributed by atoms with Crippen molar-refractivity contribution < 1.29 is 13.2 Å². The summed E-state index contributed by atoms with van der Waals surface area (Å²) in [5, 5.41) is 5.72. The molecule has 0 fully saturated rings. The van der Waals surface area contributed by atoms with Gasteiger partial charge in [-0.15, -0.1) is 11.3 Å². The highest BCUT2D eigenvalue weighted by atomic mass is 32.2. The van der Waals surface area contributed by atoms with E-state index in [1.54, 1.807) is 23.5 Å². The molecule has 0 unspecified atom stereocenters. The molecule has 0 atom stereocenters. The number of sulfone groups is 1. The molecule has 2 aromatic rings. The van der Waals surface area contributed by atoms with Gasteiger partial charge >= 0.3 is 0 Å². The Morgan fingerprint density at radius 1 is 1.19 bits per heavy atom. The first-order valence-electron chi connectivity index (χ1n) is 8.59. The van der Waals surface area contributed by atoms with E-state index >= 15 is 0 Å². The lowest BCUT2D eigenvalue weighted by atomic mass is 9.87. The quantitative estimate of drug-likeness (QED) is 0.782. The van der Waals surface area contributed by atoms with Gasteiger partial charge < -0.3 is 5.32 Å². The monoisotopic (exact) mass is 394 g/mol. The standard InChI is InChI=1S/C19H26N2O3S2/c1-14-21-16(13-25-14)9-11-20-18(22)10-12-26(23,24)17-7-5-15(6-8-17)19(2,3)4/h5-8,13H,9-12H2,1-4H3,(H,20,22). The zero-order valence-electron chi connectivity index (χ0n) is 15.7. The van der Waals surface area contributed by atoms with Crippen LogP contribution in [0, 0.1) is 6.92 Å². The van der Waals surface area contributed by atoms with Crippen LogP contribution in [0.2, 0.25) is 0 Å². The highest BCUT2D eigenvalue weighted by molar-refractivity contribution is 7.91. The highest BCUT2D eigenvalue weighted by Gasteiger charge is 2.19. The molecule has 142 valence electrons. The highest BCUT2D eigenvalue weighted by Crippen LogP contribution is 2.23. The summed E-state index contributed by atoms with van der Waals surface area (Å²) in [4.78, 5) is 16.5. The number of rotatable bonds is 7. The average molecular weight is 395 g/mol. The molecule has 0 saturated heterocycles. The number of nitrogens with one attached hydrogen (secondary N) is 1. The van der Waals surface area contributed by atoms with Crippen molar-refractivity contribution in [1.82, 2.24) is 10.3 Å². The summed E-state index contributed by atoms with van der Waals surface area (Å²) < 4.78 is 24.8. The lowest BCUT2D eigenvalue weighted by Crippen LogP contribution is -2.27. The third kappa shape index (κ3) is 5.92. The molecule has 0 spiro atoms. The molecule has 1 aromatic heterocycles. The number of amides is 1. The van der Waals surface area contributed by atoms with Crippen molar-refractivity contribution in [2.45, 2.75) is 50.8 Å². The number of nitrogens with zero attached hydrogens (tertiary/aromatic N) is 1. The van der Waals surface area contributed by atoms with Crippen molar-refractivity contribution >= 4 is 27.1 Å². The minimum atomic E-state index is -3.46. The van der Waals surface area contributed by atoms with E-state index in [-0.39, 0.29) is 28.4 Å². The molecule has 0 bridgehead atoms. The van der Waals surface area contributed by atoms with Gasteiger partial charge in [-0.2, -0.15) is 0 Å². The van der Waals surface area contributed by atoms with Crippen LogP contribution in [-0.2, 0) is 26.5 Å². The van der Waals surface area contributed by atoms with Gasteiger partial charge in [0.1, 0.15) is 0 Å². The lowest BCUT2D eigenvalue weighted by Gasteiger charge is -2.19. The number of aryl methyl sites for hydroxylation is 1. The van der Waals surface area contributed by atoms with Crippen LogP contribution in [0.5, 0.6) is 0 Å². The van der Waals surface area contributed by atoms with E-state index in [1.165, 1.54) is 0 Å². The van der Waals surface area contributed by atoms with Crippen molar-refractivity contribution in [1.29, 1.82) is 0 Å². The Balaban J connectivity index is 1.84. The van der Waals surface area contributed by atoms with Crippen LogP contribution in [0.4, 0.5) is 0 Å². The van der Waals surface area contributed by atoms with E-state index in [4.69, 9.17) is 0 Å². The fourth-order valence-electron chi connectivity index (χ4n) is 2.45. The molecular weight excluding hydrogens is 368 g/mol. The fourth-order valence-corrected chi connectivity index (χ4v) is 4.34.